The van der Waals surface area contributed by atoms with Crippen LogP contribution in [0.15, 0.2) is 107 Å². The third-order valence-corrected chi connectivity index (χ3v) is 11.7. The molecule has 196 valence electrons. The predicted molar refractivity (Wildman–Crippen MR) is 168 cm³/mol. The van der Waals surface area contributed by atoms with Crippen molar-refractivity contribution in [3.8, 4) is 28.7 Å². The molecule has 8 rings (SSSR count). The molecule has 0 saturated carbocycles. The number of aromatic nitrogens is 4. The third kappa shape index (κ3) is 3.44. The molecule has 2 aromatic heterocycles. The molecule has 4 aromatic carbocycles. The zero-order valence-corrected chi connectivity index (χ0v) is 23.6. The molecule has 0 atom stereocenters. The van der Waals surface area contributed by atoms with E-state index in [1.165, 1.54) is 47.5 Å². The minimum Gasteiger partial charge on any atom is -0.278 e. The van der Waals surface area contributed by atoms with Gasteiger partial charge in [-0.3, -0.25) is 4.57 Å². The highest BCUT2D eigenvalue weighted by Crippen LogP contribution is 2.70. The Morgan fingerprint density at radius 2 is 1.25 bits per heavy atom. The van der Waals surface area contributed by atoms with Gasteiger partial charge >= 0.3 is 0 Å². The molecule has 1 aliphatic carbocycles. The van der Waals surface area contributed by atoms with Crippen molar-refractivity contribution in [1.82, 2.24) is 19.5 Å². The number of hydrogen-bond acceptors (Lipinski definition) is 3. The summed E-state index contributed by atoms with van der Waals surface area (Å²) >= 11 is 0. The molecule has 0 radical (unpaired) electrons. The molecular formula is C35H30N4S. The summed E-state index contributed by atoms with van der Waals surface area (Å²) in [6.07, 6.45) is 10.1. The Morgan fingerprint density at radius 1 is 0.625 bits per heavy atom. The molecule has 1 aliphatic heterocycles. The van der Waals surface area contributed by atoms with E-state index in [1.54, 1.807) is 15.4 Å². The molecule has 40 heavy (non-hydrogen) atoms. The average Bonchev–Trinajstić information content (AvgIpc) is 3.47. The normalized spacial score (nSPS) is 16.8. The Hall–Kier alpha value is -4.22. The molecule has 5 heteroatoms. The highest BCUT2D eigenvalue weighted by Gasteiger charge is 2.37. The van der Waals surface area contributed by atoms with E-state index in [0.29, 0.717) is 17.6 Å². The van der Waals surface area contributed by atoms with Gasteiger partial charge in [0.15, 0.2) is 11.6 Å². The first-order valence-corrected chi connectivity index (χ1v) is 16.5. The Balaban J connectivity index is 1.45. The number of allylic oxidation sites excluding steroid dienone is 2. The molecule has 3 heterocycles. The lowest BCUT2D eigenvalue weighted by Gasteiger charge is -2.33. The summed E-state index contributed by atoms with van der Waals surface area (Å²) in [7, 11) is -1.08. The van der Waals surface area contributed by atoms with E-state index in [0.717, 1.165) is 16.6 Å². The topological polar surface area (TPSA) is 43.6 Å². The van der Waals surface area contributed by atoms with E-state index in [2.05, 4.69) is 77.7 Å². The number of fused-ring (bicyclic) bond motifs is 6. The van der Waals surface area contributed by atoms with E-state index in [4.69, 9.17) is 15.0 Å². The van der Waals surface area contributed by atoms with Gasteiger partial charge in [0.2, 0.25) is 5.95 Å². The van der Waals surface area contributed by atoms with Crippen LogP contribution in [0.3, 0.4) is 0 Å². The summed E-state index contributed by atoms with van der Waals surface area (Å²) < 4.78 is 2.26. The first kappa shape index (κ1) is 23.6. The van der Waals surface area contributed by atoms with Crippen LogP contribution in [-0.4, -0.2) is 32.0 Å². The van der Waals surface area contributed by atoms with Crippen LogP contribution < -0.4 is 0 Å². The fraction of sp³-hybridized carbons (Fsp3) is 0.171. The van der Waals surface area contributed by atoms with Gasteiger partial charge in [0.25, 0.3) is 0 Å². The molecule has 0 amide bonds. The highest BCUT2D eigenvalue weighted by atomic mass is 32.3. The predicted octanol–water partition coefficient (Wildman–Crippen LogP) is 9.02. The van der Waals surface area contributed by atoms with Crippen molar-refractivity contribution in [1.29, 1.82) is 0 Å². The minimum atomic E-state index is -1.08. The van der Waals surface area contributed by atoms with E-state index in [1.807, 2.05) is 36.4 Å². The summed E-state index contributed by atoms with van der Waals surface area (Å²) in [4.78, 5) is 18.4. The van der Waals surface area contributed by atoms with Crippen LogP contribution in [0.1, 0.15) is 31.2 Å². The van der Waals surface area contributed by atoms with Crippen molar-refractivity contribution >= 4 is 37.4 Å². The first-order valence-electron chi connectivity index (χ1n) is 14.0. The van der Waals surface area contributed by atoms with E-state index < -0.39 is 10.0 Å². The maximum atomic E-state index is 5.11. The molecule has 0 N–H and O–H groups in total. The van der Waals surface area contributed by atoms with Crippen molar-refractivity contribution in [3.63, 3.8) is 0 Å². The first-order chi connectivity index (χ1) is 19.6. The lowest BCUT2D eigenvalue weighted by molar-refractivity contribution is 0.736. The van der Waals surface area contributed by atoms with Gasteiger partial charge in [0, 0.05) is 26.8 Å². The Kier molecular flexibility index (Phi) is 5.26. The van der Waals surface area contributed by atoms with Gasteiger partial charge in [-0.05, 0) is 66.4 Å². The van der Waals surface area contributed by atoms with E-state index >= 15 is 0 Å². The molecule has 0 unspecified atom stereocenters. The number of benzene rings is 4. The van der Waals surface area contributed by atoms with Gasteiger partial charge in [-0.15, -0.1) is 0 Å². The van der Waals surface area contributed by atoms with Crippen molar-refractivity contribution in [3.05, 3.63) is 108 Å². The van der Waals surface area contributed by atoms with Gasteiger partial charge < -0.3 is 0 Å². The maximum Gasteiger partial charge on any atom is 0.238 e. The molecule has 0 saturated heterocycles. The third-order valence-electron chi connectivity index (χ3n) is 8.55. The smallest absolute Gasteiger partial charge is 0.238 e. The van der Waals surface area contributed by atoms with Gasteiger partial charge in [0.05, 0.1) is 11.0 Å². The van der Waals surface area contributed by atoms with Crippen LogP contribution in [0, 0.1) is 0 Å². The molecule has 6 aromatic rings. The summed E-state index contributed by atoms with van der Waals surface area (Å²) in [6.45, 7) is 0. The Morgan fingerprint density at radius 3 is 1.95 bits per heavy atom. The molecule has 0 spiro atoms. The zero-order chi connectivity index (χ0) is 26.8. The zero-order valence-electron chi connectivity index (χ0n) is 22.8. The van der Waals surface area contributed by atoms with Crippen molar-refractivity contribution in [2.24, 2.45) is 0 Å². The quantitative estimate of drug-likeness (QED) is 0.226. The van der Waals surface area contributed by atoms with Crippen LogP contribution in [0.2, 0.25) is 0 Å². The molecule has 4 nitrogen and oxygen atoms in total. The lowest BCUT2D eigenvalue weighted by atomic mass is 9.93. The highest BCUT2D eigenvalue weighted by molar-refractivity contribution is 8.36. The van der Waals surface area contributed by atoms with Crippen molar-refractivity contribution < 1.29 is 0 Å². The molecule has 0 bridgehead atoms. The van der Waals surface area contributed by atoms with Gasteiger partial charge in [0.1, 0.15) is 0 Å². The minimum absolute atomic E-state index is 0.655. The summed E-state index contributed by atoms with van der Waals surface area (Å²) in [5.41, 5.74) is 7.37. The number of rotatable bonds is 3. The maximum absolute atomic E-state index is 5.11. The van der Waals surface area contributed by atoms with Crippen LogP contribution in [-0.2, 0) is 0 Å². The van der Waals surface area contributed by atoms with Crippen molar-refractivity contribution in [2.45, 2.75) is 30.6 Å². The molecule has 2 aliphatic rings. The SMILES string of the molecule is CS1(C)C2=C(CCCC2)c2ccc3c(c21)c1ccccc1n3-c1nc(-c2ccccc2)nc(-c2ccccc2)n1. The Labute approximate surface area is 235 Å². The fourth-order valence-electron chi connectivity index (χ4n) is 6.76. The lowest BCUT2D eigenvalue weighted by Crippen LogP contribution is -2.06. The van der Waals surface area contributed by atoms with Crippen LogP contribution in [0.5, 0.6) is 0 Å². The van der Waals surface area contributed by atoms with Gasteiger partial charge in [-0.2, -0.15) is 20.0 Å². The number of para-hydroxylation sites is 1. The largest absolute Gasteiger partial charge is 0.278 e. The Bertz CT molecular complexity index is 1910. The monoisotopic (exact) mass is 538 g/mol. The number of hydrogen-bond donors (Lipinski definition) is 0. The van der Waals surface area contributed by atoms with Crippen LogP contribution in [0.4, 0.5) is 0 Å². The van der Waals surface area contributed by atoms with Crippen LogP contribution in [0.25, 0.3) is 56.1 Å². The second kappa shape index (κ2) is 8.90. The summed E-state index contributed by atoms with van der Waals surface area (Å²) in [5, 5.41) is 2.64. The number of nitrogens with zero attached hydrogens (tertiary/aromatic N) is 4. The van der Waals surface area contributed by atoms with Crippen LogP contribution >= 0.6 is 10.0 Å². The second-order valence-corrected chi connectivity index (χ2v) is 14.7. The average molecular weight is 539 g/mol. The molecule has 0 fully saturated rings. The van der Waals surface area contributed by atoms with Crippen molar-refractivity contribution in [2.75, 3.05) is 12.5 Å². The standard InChI is InChI=1S/C35H30N4S/c1-40(2)30-20-12-10-17-25(30)26-21-22-29-31(32(26)40)27-18-9-11-19-28(27)39(29)35-37-33(23-13-5-3-6-14-23)36-34(38-35)24-15-7-4-8-16-24/h3-9,11,13-16,18-19,21-22H,10,12,17,20H2,1-2H3. The van der Waals surface area contributed by atoms with E-state index in [-0.39, 0.29) is 0 Å². The fourth-order valence-corrected chi connectivity index (χ4v) is 9.95. The van der Waals surface area contributed by atoms with Gasteiger partial charge in [-0.25, -0.2) is 4.98 Å². The summed E-state index contributed by atoms with van der Waals surface area (Å²) in [5.74, 6) is 2.02. The second-order valence-electron chi connectivity index (χ2n) is 11.1. The van der Waals surface area contributed by atoms with E-state index in [9.17, 15) is 0 Å². The summed E-state index contributed by atoms with van der Waals surface area (Å²) in [6, 6.07) is 33.9. The van der Waals surface area contributed by atoms with Gasteiger partial charge in [-0.1, -0.05) is 84.9 Å². The molecular weight excluding hydrogens is 508 g/mol.